The van der Waals surface area contributed by atoms with E-state index in [0.717, 1.165) is 34.4 Å². The zero-order chi connectivity index (χ0) is 46.7. The van der Waals surface area contributed by atoms with Gasteiger partial charge in [0.25, 0.3) is 0 Å². The van der Waals surface area contributed by atoms with Gasteiger partial charge in [-0.2, -0.15) is 0 Å². The molecule has 4 heteroatoms. The molecule has 0 radical (unpaired) electrons. The highest BCUT2D eigenvalue weighted by Gasteiger charge is 2.62. The Bertz CT molecular complexity index is 3650. The Labute approximate surface area is 412 Å². The maximum atomic E-state index is 5.53. The summed E-state index contributed by atoms with van der Waals surface area (Å²) in [5.74, 6) is 5.08. The van der Waals surface area contributed by atoms with Crippen molar-refractivity contribution in [3.8, 4) is 89.8 Å². The third-order valence-corrected chi connectivity index (χ3v) is 22.1. The van der Waals surface area contributed by atoms with Crippen molar-refractivity contribution in [3.63, 3.8) is 0 Å². The Morgan fingerprint density at radius 2 is 0.871 bits per heavy atom. The van der Waals surface area contributed by atoms with Crippen LogP contribution >= 0.6 is 0 Å². The second-order valence-corrected chi connectivity index (χ2v) is 27.1. The maximum Gasteiger partial charge on any atom is 0.164 e. The molecule has 9 aromatic rings. The summed E-state index contributed by atoms with van der Waals surface area (Å²) in [5, 5.41) is 3.08. The summed E-state index contributed by atoms with van der Waals surface area (Å²) in [7, 11) is -1.85. The Kier molecular flexibility index (Phi) is 8.47. The van der Waals surface area contributed by atoms with Crippen LogP contribution in [0, 0.1) is 23.7 Å². The van der Waals surface area contributed by atoms with Crippen LogP contribution in [-0.4, -0.2) is 23.0 Å². The summed E-state index contributed by atoms with van der Waals surface area (Å²) in [6, 6.07) is 66.4. The summed E-state index contributed by atoms with van der Waals surface area (Å²) in [5.41, 5.74) is 22.2. The lowest BCUT2D eigenvalue weighted by Gasteiger charge is -2.61. The van der Waals surface area contributed by atoms with E-state index in [0.29, 0.717) is 23.5 Å². The van der Waals surface area contributed by atoms with Gasteiger partial charge in [-0.25, -0.2) is 15.0 Å². The van der Waals surface area contributed by atoms with Crippen LogP contribution in [0.15, 0.2) is 176 Å². The zero-order valence-corrected chi connectivity index (χ0v) is 41.4. The molecule has 7 aliphatic rings. The Balaban J connectivity index is 0.937. The highest BCUT2D eigenvalue weighted by molar-refractivity contribution is 7.03. The molecule has 0 N–H and O–H groups in total. The third-order valence-electron chi connectivity index (χ3n) is 18.5. The van der Waals surface area contributed by atoms with E-state index < -0.39 is 8.07 Å². The first-order valence-corrected chi connectivity index (χ1v) is 28.9. The van der Waals surface area contributed by atoms with E-state index in [-0.39, 0.29) is 10.8 Å². The summed E-state index contributed by atoms with van der Waals surface area (Å²) in [4.78, 5) is 16.3. The third kappa shape index (κ3) is 5.54. The quantitative estimate of drug-likeness (QED) is 0.162. The van der Waals surface area contributed by atoms with Gasteiger partial charge in [0.2, 0.25) is 0 Å². The molecule has 1 aromatic heterocycles. The van der Waals surface area contributed by atoms with Crippen LogP contribution in [0.1, 0.15) is 68.2 Å². The molecule has 0 atom stereocenters. The lowest BCUT2D eigenvalue weighted by atomic mass is 9.43. The molecule has 0 unspecified atom stereocenters. The molecular formula is C66H55N3Si. The fourth-order valence-corrected chi connectivity index (χ4v) is 18.7. The van der Waals surface area contributed by atoms with Gasteiger partial charge in [-0.1, -0.05) is 185 Å². The number of aromatic nitrogens is 3. The molecule has 3 nitrogen and oxygen atoms in total. The van der Waals surface area contributed by atoms with Crippen LogP contribution in [0.4, 0.5) is 0 Å². The monoisotopic (exact) mass is 917 g/mol. The van der Waals surface area contributed by atoms with Crippen molar-refractivity contribution in [1.82, 2.24) is 15.0 Å². The van der Waals surface area contributed by atoms with Crippen LogP contribution in [0.2, 0.25) is 13.1 Å². The molecule has 1 aliphatic heterocycles. The first kappa shape index (κ1) is 40.8. The van der Waals surface area contributed by atoms with Crippen molar-refractivity contribution in [3.05, 3.63) is 198 Å². The van der Waals surface area contributed by atoms with E-state index in [2.05, 4.69) is 203 Å². The van der Waals surface area contributed by atoms with Crippen LogP contribution < -0.4 is 10.4 Å². The average molecular weight is 918 g/mol. The molecule has 70 heavy (non-hydrogen) atoms. The van der Waals surface area contributed by atoms with Crippen molar-refractivity contribution in [2.75, 3.05) is 0 Å². The molecule has 0 saturated heterocycles. The van der Waals surface area contributed by atoms with Gasteiger partial charge in [-0.3, -0.25) is 0 Å². The van der Waals surface area contributed by atoms with E-state index in [1.54, 1.807) is 10.8 Å². The molecule has 1 spiro atoms. The largest absolute Gasteiger partial charge is 0.208 e. The molecule has 4 bridgehead atoms. The topological polar surface area (TPSA) is 38.7 Å². The fraction of sp³-hybridized carbons (Fsp3) is 0.227. The van der Waals surface area contributed by atoms with Crippen LogP contribution in [0.3, 0.4) is 0 Å². The first-order chi connectivity index (χ1) is 34.2. The van der Waals surface area contributed by atoms with E-state index in [1.165, 1.54) is 110 Å². The SMILES string of the molecule is CC1(C)c2ccccc2-c2c(-c3ccc(-c4nc(-c5ccccc5)nc(-c5cc(-c6ccc7c(c6)-c6ccccc6[Si]7(C)C)c6c(c5)C5(c7ccccc7-6)C6CC7CC(C6)CC5C7)n4)cc3)cccc21. The molecule has 2 heterocycles. The van der Waals surface area contributed by atoms with Crippen molar-refractivity contribution in [2.45, 2.75) is 69.9 Å². The fourth-order valence-electron chi connectivity index (χ4n) is 15.7. The average Bonchev–Trinajstić information content (AvgIpc) is 3.92. The normalized spacial score (nSPS) is 22.9. The number of hydrogen-bond acceptors (Lipinski definition) is 3. The molecule has 0 amide bonds. The summed E-state index contributed by atoms with van der Waals surface area (Å²) >= 11 is 0. The van der Waals surface area contributed by atoms with Crippen molar-refractivity contribution < 1.29 is 0 Å². The summed E-state index contributed by atoms with van der Waals surface area (Å²) in [6.07, 6.45) is 6.74. The van der Waals surface area contributed by atoms with E-state index >= 15 is 0 Å². The van der Waals surface area contributed by atoms with Gasteiger partial charge in [-0.05, 0) is 162 Å². The standard InChI is InChI=1S/C66H55N3Si/c1-65(2)54-21-11-8-18-50(54)60-48(20-14-23-56(60)65)41-25-27-43(28-26-41)63-67-62(42-15-6-5-7-16-42)68-64(69-63)45-37-52(44-29-30-59-53(36-44)49-17-10-13-24-58(49)70(59,3)4)61-51-19-9-12-22-55(51)66(57(61)38-45)46-32-39-31-40(34-46)35-47(66)33-39/h5-30,36-40,46-47H,31-35H2,1-4H3. The summed E-state index contributed by atoms with van der Waals surface area (Å²) in [6.45, 7) is 9.74. The Morgan fingerprint density at radius 1 is 0.371 bits per heavy atom. The molecule has 8 aromatic carbocycles. The lowest BCUT2D eigenvalue weighted by molar-refractivity contribution is -0.0399. The van der Waals surface area contributed by atoms with E-state index in [4.69, 9.17) is 15.0 Å². The predicted octanol–water partition coefficient (Wildman–Crippen LogP) is 15.0. The van der Waals surface area contributed by atoms with Crippen molar-refractivity contribution in [2.24, 2.45) is 23.7 Å². The van der Waals surface area contributed by atoms with Gasteiger partial charge in [-0.15, -0.1) is 0 Å². The van der Waals surface area contributed by atoms with Crippen molar-refractivity contribution >= 4 is 18.4 Å². The highest BCUT2D eigenvalue weighted by atomic mass is 28.3. The number of fused-ring (bicyclic) bond motifs is 9. The number of benzene rings is 8. The number of hydrogen-bond donors (Lipinski definition) is 0. The van der Waals surface area contributed by atoms with Gasteiger partial charge < -0.3 is 0 Å². The van der Waals surface area contributed by atoms with Crippen LogP contribution in [0.5, 0.6) is 0 Å². The zero-order valence-electron chi connectivity index (χ0n) is 40.4. The number of rotatable bonds is 5. The molecular weight excluding hydrogens is 863 g/mol. The lowest BCUT2D eigenvalue weighted by Crippen LogP contribution is -2.55. The predicted molar refractivity (Wildman–Crippen MR) is 290 cm³/mol. The van der Waals surface area contributed by atoms with Gasteiger partial charge in [0, 0.05) is 27.5 Å². The summed E-state index contributed by atoms with van der Waals surface area (Å²) < 4.78 is 0. The second-order valence-electron chi connectivity index (χ2n) is 22.7. The smallest absolute Gasteiger partial charge is 0.164 e. The Morgan fingerprint density at radius 3 is 1.59 bits per heavy atom. The maximum absolute atomic E-state index is 5.53. The van der Waals surface area contributed by atoms with E-state index in [9.17, 15) is 0 Å². The minimum atomic E-state index is -1.85. The van der Waals surface area contributed by atoms with E-state index in [1.807, 2.05) is 0 Å². The Hall–Kier alpha value is -7.01. The second kappa shape index (κ2) is 14.5. The minimum Gasteiger partial charge on any atom is -0.208 e. The minimum absolute atomic E-state index is 0.0242. The number of nitrogens with zero attached hydrogens (tertiary/aromatic N) is 3. The first-order valence-electron chi connectivity index (χ1n) is 25.9. The van der Waals surface area contributed by atoms with Gasteiger partial charge in [0.15, 0.2) is 17.5 Å². The molecule has 4 saturated carbocycles. The molecule has 338 valence electrons. The molecule has 6 aliphatic carbocycles. The highest BCUT2D eigenvalue weighted by Crippen LogP contribution is 2.70. The molecule has 16 rings (SSSR count). The van der Waals surface area contributed by atoms with Gasteiger partial charge in [0.05, 0.1) is 0 Å². The molecule has 4 fully saturated rings. The van der Waals surface area contributed by atoms with Crippen molar-refractivity contribution in [1.29, 1.82) is 0 Å². The van der Waals surface area contributed by atoms with Gasteiger partial charge >= 0.3 is 0 Å². The van der Waals surface area contributed by atoms with Gasteiger partial charge in [0.1, 0.15) is 8.07 Å². The van der Waals surface area contributed by atoms with Crippen LogP contribution in [-0.2, 0) is 10.8 Å². The van der Waals surface area contributed by atoms with Crippen LogP contribution in [0.25, 0.3) is 89.8 Å².